The smallest absolute Gasteiger partial charge is 0.326 e. The number of carboxylic acid groups (broad SMARTS) is 1. The quantitative estimate of drug-likeness (QED) is 0.796. The highest BCUT2D eigenvalue weighted by Crippen LogP contribution is 2.40. The maximum Gasteiger partial charge on any atom is 0.326 e. The van der Waals surface area contributed by atoms with Crippen LogP contribution in [-0.2, 0) is 16.1 Å². The number of amides is 2. The van der Waals surface area contributed by atoms with E-state index in [4.69, 9.17) is 0 Å². The first kappa shape index (κ1) is 19.9. The van der Waals surface area contributed by atoms with Crippen molar-refractivity contribution in [1.29, 1.82) is 0 Å². The number of hydrogen-bond donors (Lipinski definition) is 2. The molecule has 1 aromatic carbocycles. The highest BCUT2D eigenvalue weighted by atomic mass is 16.4. The molecule has 0 radical (unpaired) electrons. The van der Waals surface area contributed by atoms with Crippen molar-refractivity contribution in [3.63, 3.8) is 0 Å². The van der Waals surface area contributed by atoms with Crippen LogP contribution in [0.4, 0.5) is 0 Å². The van der Waals surface area contributed by atoms with Gasteiger partial charge >= 0.3 is 5.97 Å². The van der Waals surface area contributed by atoms with Crippen molar-refractivity contribution in [1.82, 2.24) is 10.2 Å². The molecular formula is C23H30N2O4. The first-order chi connectivity index (χ1) is 14.0. The Morgan fingerprint density at radius 2 is 1.62 bits per heavy atom. The number of likely N-dealkylation sites (tertiary alicyclic amines) is 1. The zero-order valence-corrected chi connectivity index (χ0v) is 16.8. The minimum Gasteiger partial charge on any atom is -0.480 e. The number of carbonyl (C=O) groups is 3. The van der Waals surface area contributed by atoms with E-state index in [-0.39, 0.29) is 23.8 Å². The molecule has 2 saturated carbocycles. The molecule has 6 nitrogen and oxygen atoms in total. The second kappa shape index (κ2) is 8.56. The fraction of sp³-hybridized carbons (Fsp3) is 0.609. The van der Waals surface area contributed by atoms with E-state index in [0.717, 1.165) is 56.9 Å². The Morgan fingerprint density at radius 3 is 2.31 bits per heavy atom. The lowest BCUT2D eigenvalue weighted by molar-refractivity contribution is -0.141. The van der Waals surface area contributed by atoms with Gasteiger partial charge in [0.25, 0.3) is 5.91 Å². The number of rotatable bonds is 5. The molecule has 1 aromatic rings. The average Bonchev–Trinajstić information content (AvgIpc) is 3.40. The van der Waals surface area contributed by atoms with Gasteiger partial charge in [0.1, 0.15) is 6.04 Å². The van der Waals surface area contributed by atoms with Crippen LogP contribution in [0.3, 0.4) is 0 Å². The molecule has 2 amide bonds. The van der Waals surface area contributed by atoms with E-state index in [1.165, 1.54) is 0 Å². The highest BCUT2D eigenvalue weighted by Gasteiger charge is 2.47. The second-order valence-electron chi connectivity index (χ2n) is 8.81. The largest absolute Gasteiger partial charge is 0.480 e. The Kier molecular flexibility index (Phi) is 5.88. The monoisotopic (exact) mass is 398 g/mol. The highest BCUT2D eigenvalue weighted by molar-refractivity contribution is 5.97. The van der Waals surface area contributed by atoms with Crippen LogP contribution in [0, 0.1) is 11.8 Å². The lowest BCUT2D eigenvalue weighted by atomic mass is 9.84. The van der Waals surface area contributed by atoms with E-state index in [9.17, 15) is 19.5 Å². The van der Waals surface area contributed by atoms with Crippen LogP contribution in [-0.4, -0.2) is 39.9 Å². The SMILES string of the molecule is O=C(NCc1ccc(C(=O)N2C(C(=O)O)CC3CCCCC32)cc1)C1CCCC1. The summed E-state index contributed by atoms with van der Waals surface area (Å²) >= 11 is 0. The molecule has 2 aliphatic carbocycles. The third-order valence-corrected chi connectivity index (χ3v) is 7.00. The lowest BCUT2D eigenvalue weighted by Gasteiger charge is -2.33. The van der Waals surface area contributed by atoms with Gasteiger partial charge in [-0.25, -0.2) is 4.79 Å². The first-order valence-corrected chi connectivity index (χ1v) is 11.0. The molecule has 0 spiro atoms. The average molecular weight is 399 g/mol. The van der Waals surface area contributed by atoms with Gasteiger partial charge in [-0.05, 0) is 55.7 Å². The molecule has 0 bridgehead atoms. The molecule has 2 N–H and O–H groups in total. The van der Waals surface area contributed by atoms with Crippen LogP contribution in [0.1, 0.15) is 73.7 Å². The Balaban J connectivity index is 1.41. The van der Waals surface area contributed by atoms with E-state index in [1.54, 1.807) is 17.0 Å². The number of carboxylic acids is 1. The van der Waals surface area contributed by atoms with Crippen molar-refractivity contribution in [2.75, 3.05) is 0 Å². The zero-order valence-electron chi connectivity index (χ0n) is 16.8. The van der Waals surface area contributed by atoms with Gasteiger partial charge in [0.05, 0.1) is 0 Å². The van der Waals surface area contributed by atoms with Crippen LogP contribution in [0.25, 0.3) is 0 Å². The number of fused-ring (bicyclic) bond motifs is 1. The molecule has 3 atom stereocenters. The Hall–Kier alpha value is -2.37. The number of nitrogens with zero attached hydrogens (tertiary/aromatic N) is 1. The van der Waals surface area contributed by atoms with Gasteiger partial charge in [-0.2, -0.15) is 0 Å². The molecule has 1 saturated heterocycles. The minimum absolute atomic E-state index is 0.0442. The maximum atomic E-state index is 13.2. The van der Waals surface area contributed by atoms with E-state index >= 15 is 0 Å². The number of hydrogen-bond acceptors (Lipinski definition) is 3. The lowest BCUT2D eigenvalue weighted by Crippen LogP contribution is -2.46. The van der Waals surface area contributed by atoms with Gasteiger partial charge < -0.3 is 15.3 Å². The fourth-order valence-electron chi connectivity index (χ4n) is 5.41. The summed E-state index contributed by atoms with van der Waals surface area (Å²) in [5.74, 6) is -0.527. The predicted octanol–water partition coefficient (Wildman–Crippen LogP) is 3.35. The van der Waals surface area contributed by atoms with Gasteiger partial charge in [-0.15, -0.1) is 0 Å². The molecular weight excluding hydrogens is 368 g/mol. The van der Waals surface area contributed by atoms with Gasteiger partial charge in [0.15, 0.2) is 0 Å². The molecule has 156 valence electrons. The van der Waals surface area contributed by atoms with Crippen LogP contribution in [0.2, 0.25) is 0 Å². The van der Waals surface area contributed by atoms with E-state index < -0.39 is 12.0 Å². The van der Waals surface area contributed by atoms with Gasteiger partial charge in [-0.1, -0.05) is 37.8 Å². The third kappa shape index (κ3) is 4.16. The summed E-state index contributed by atoms with van der Waals surface area (Å²) in [5, 5.41) is 12.6. The molecule has 1 heterocycles. The Morgan fingerprint density at radius 1 is 0.966 bits per heavy atom. The molecule has 29 heavy (non-hydrogen) atoms. The third-order valence-electron chi connectivity index (χ3n) is 7.00. The van der Waals surface area contributed by atoms with E-state index in [0.29, 0.717) is 24.4 Å². The number of benzene rings is 1. The van der Waals surface area contributed by atoms with Crippen LogP contribution in [0.15, 0.2) is 24.3 Å². The number of carbonyl (C=O) groups excluding carboxylic acids is 2. The summed E-state index contributed by atoms with van der Waals surface area (Å²) in [6, 6.07) is 6.55. The Bertz CT molecular complexity index is 770. The zero-order chi connectivity index (χ0) is 20.4. The van der Waals surface area contributed by atoms with Crippen LogP contribution in [0.5, 0.6) is 0 Å². The number of nitrogens with one attached hydrogen (secondary N) is 1. The molecule has 0 aromatic heterocycles. The molecule has 6 heteroatoms. The summed E-state index contributed by atoms with van der Waals surface area (Å²) in [4.78, 5) is 38.7. The standard InChI is InChI=1S/C23H30N2O4/c26-21(16-5-1-2-6-16)24-14-15-9-11-17(12-10-15)22(27)25-19-8-4-3-7-18(19)13-20(25)23(28)29/h9-12,16,18-20H,1-8,13-14H2,(H,24,26)(H,28,29). The number of aliphatic carboxylic acids is 1. The van der Waals surface area contributed by atoms with Crippen molar-refractivity contribution in [2.45, 2.75) is 76.4 Å². The van der Waals surface area contributed by atoms with Crippen molar-refractivity contribution in [3.8, 4) is 0 Å². The van der Waals surface area contributed by atoms with E-state index in [1.807, 2.05) is 12.1 Å². The fourth-order valence-corrected chi connectivity index (χ4v) is 5.41. The van der Waals surface area contributed by atoms with Crippen LogP contribution >= 0.6 is 0 Å². The van der Waals surface area contributed by atoms with Crippen molar-refractivity contribution in [2.24, 2.45) is 11.8 Å². The van der Waals surface area contributed by atoms with E-state index in [2.05, 4.69) is 5.32 Å². The Labute approximate surface area is 171 Å². The molecule has 3 aliphatic rings. The molecule has 4 rings (SSSR count). The summed E-state index contributed by atoms with van der Waals surface area (Å²) in [6.45, 7) is 0.454. The molecule has 3 unspecified atom stereocenters. The second-order valence-corrected chi connectivity index (χ2v) is 8.81. The molecule has 1 aliphatic heterocycles. The van der Waals surface area contributed by atoms with Crippen LogP contribution < -0.4 is 5.32 Å². The summed E-state index contributed by atoms with van der Waals surface area (Å²) in [5.41, 5.74) is 1.47. The summed E-state index contributed by atoms with van der Waals surface area (Å²) < 4.78 is 0. The van der Waals surface area contributed by atoms with Gasteiger partial charge in [-0.3, -0.25) is 9.59 Å². The van der Waals surface area contributed by atoms with Gasteiger partial charge in [0.2, 0.25) is 5.91 Å². The van der Waals surface area contributed by atoms with Gasteiger partial charge in [0, 0.05) is 24.1 Å². The first-order valence-electron chi connectivity index (χ1n) is 11.0. The predicted molar refractivity (Wildman–Crippen MR) is 108 cm³/mol. The normalized spacial score (nSPS) is 26.9. The summed E-state index contributed by atoms with van der Waals surface area (Å²) in [6.07, 6.45) is 8.85. The molecule has 3 fully saturated rings. The van der Waals surface area contributed by atoms with Crippen molar-refractivity contribution < 1.29 is 19.5 Å². The van der Waals surface area contributed by atoms with Crippen molar-refractivity contribution in [3.05, 3.63) is 35.4 Å². The maximum absolute atomic E-state index is 13.2. The van der Waals surface area contributed by atoms with Crippen molar-refractivity contribution >= 4 is 17.8 Å². The topological polar surface area (TPSA) is 86.7 Å². The summed E-state index contributed by atoms with van der Waals surface area (Å²) in [7, 11) is 0. The minimum atomic E-state index is -0.904.